The van der Waals surface area contributed by atoms with Crippen LogP contribution in [0.25, 0.3) is 17.2 Å². The largest absolute Gasteiger partial charge is 0.492 e. The molecular weight excluding hydrogens is 639 g/mol. The minimum Gasteiger partial charge on any atom is -0.492 e. The Bertz CT molecular complexity index is 1650. The van der Waals surface area contributed by atoms with E-state index in [0.717, 1.165) is 46.9 Å². The maximum atomic E-state index is 14.0. The zero-order chi connectivity index (χ0) is 32.6. The van der Waals surface area contributed by atoms with Gasteiger partial charge < -0.3 is 19.5 Å². The molecule has 0 aromatic heterocycles. The predicted octanol–water partition coefficient (Wildman–Crippen LogP) is 4.17. The molecule has 2 aliphatic heterocycles. The van der Waals surface area contributed by atoms with Crippen LogP contribution in [0.15, 0.2) is 71.6 Å². The lowest BCUT2D eigenvalue weighted by atomic mass is 10.0. The second kappa shape index (κ2) is 15.4. The summed E-state index contributed by atoms with van der Waals surface area (Å²) in [6.45, 7) is 2.96. The topological polar surface area (TPSA) is 112 Å². The van der Waals surface area contributed by atoms with E-state index in [1.807, 2.05) is 0 Å². The van der Waals surface area contributed by atoms with Gasteiger partial charge >= 0.3 is 5.97 Å². The van der Waals surface area contributed by atoms with Crippen molar-refractivity contribution in [2.75, 3.05) is 57.4 Å². The number of hydrazine groups is 1. The third kappa shape index (κ3) is 8.33. The van der Waals surface area contributed by atoms with Crippen molar-refractivity contribution in [2.45, 2.75) is 0 Å². The van der Waals surface area contributed by atoms with Crippen LogP contribution in [0.2, 0.25) is 0 Å². The summed E-state index contributed by atoms with van der Waals surface area (Å²) in [4.78, 5) is 41.4. The van der Waals surface area contributed by atoms with Gasteiger partial charge in [0.15, 0.2) is 16.0 Å². The molecule has 3 aromatic carbocycles. The van der Waals surface area contributed by atoms with Crippen molar-refractivity contribution in [2.24, 2.45) is 0 Å². The maximum Gasteiger partial charge on any atom is 0.323 e. The van der Waals surface area contributed by atoms with E-state index < -0.39 is 42.5 Å². The molecule has 0 unspecified atom stereocenters. The Labute approximate surface area is 273 Å². The standard InChI is InChI=1S/C32H30F2N4O6S2/c33-25-8-6-22(17-26(25)34)21-7-9-27(44-15-12-36-10-13-43-14-11-36)23(16-21)18-28-31(42)38(32(45)46-28)35-19-29(39)37(20-30(40)41)24-4-2-1-3-5-24/h1-9,16-18,35H,10-15,19-20H2,(H,40,41)/b28-18-. The van der Waals surface area contributed by atoms with Crippen molar-refractivity contribution in [3.05, 3.63) is 88.8 Å². The van der Waals surface area contributed by atoms with E-state index in [1.54, 1.807) is 54.6 Å². The molecule has 0 bridgehead atoms. The van der Waals surface area contributed by atoms with Crippen molar-refractivity contribution in [3.8, 4) is 16.9 Å². The fraction of sp³-hybridized carbons (Fsp3) is 0.250. The highest BCUT2D eigenvalue weighted by Crippen LogP contribution is 2.35. The number of benzene rings is 3. The molecule has 46 heavy (non-hydrogen) atoms. The second-order valence-corrected chi connectivity index (χ2v) is 11.9. The van der Waals surface area contributed by atoms with Gasteiger partial charge in [-0.15, -0.1) is 0 Å². The highest BCUT2D eigenvalue weighted by atomic mass is 32.2. The van der Waals surface area contributed by atoms with Crippen LogP contribution in [0.3, 0.4) is 0 Å². The van der Waals surface area contributed by atoms with E-state index in [1.165, 1.54) is 6.07 Å². The van der Waals surface area contributed by atoms with Crippen molar-refractivity contribution < 1.29 is 37.7 Å². The van der Waals surface area contributed by atoms with Crippen molar-refractivity contribution in [1.82, 2.24) is 15.3 Å². The summed E-state index contributed by atoms with van der Waals surface area (Å²) in [5.41, 5.74) is 4.64. The van der Waals surface area contributed by atoms with Crippen LogP contribution in [-0.4, -0.2) is 89.7 Å². The van der Waals surface area contributed by atoms with Gasteiger partial charge in [0, 0.05) is 30.9 Å². The first-order valence-corrected chi connectivity index (χ1v) is 15.5. The van der Waals surface area contributed by atoms with Crippen molar-refractivity contribution >= 4 is 57.8 Å². The normalized spacial score (nSPS) is 16.2. The molecule has 2 aliphatic rings. The van der Waals surface area contributed by atoms with E-state index >= 15 is 0 Å². The summed E-state index contributed by atoms with van der Waals surface area (Å²) >= 11 is 6.42. The molecule has 2 fully saturated rings. The van der Waals surface area contributed by atoms with Gasteiger partial charge in [-0.2, -0.15) is 0 Å². The molecule has 10 nitrogen and oxygen atoms in total. The molecule has 0 aliphatic carbocycles. The number of nitrogens with zero attached hydrogens (tertiary/aromatic N) is 3. The van der Waals surface area contributed by atoms with E-state index in [9.17, 15) is 28.3 Å². The molecule has 5 rings (SSSR count). The monoisotopic (exact) mass is 668 g/mol. The lowest BCUT2D eigenvalue weighted by molar-refractivity contribution is -0.137. The Morgan fingerprint density at radius 3 is 2.48 bits per heavy atom. The number of carbonyl (C=O) groups is 3. The molecule has 3 aromatic rings. The molecule has 2 amide bonds. The highest BCUT2D eigenvalue weighted by Gasteiger charge is 2.33. The first-order valence-electron chi connectivity index (χ1n) is 14.3. The zero-order valence-corrected chi connectivity index (χ0v) is 26.1. The van der Waals surface area contributed by atoms with Gasteiger partial charge in [-0.1, -0.05) is 54.3 Å². The predicted molar refractivity (Wildman–Crippen MR) is 174 cm³/mol. The lowest BCUT2D eigenvalue weighted by Crippen LogP contribution is -2.48. The van der Waals surface area contributed by atoms with Crippen LogP contribution in [0, 0.1) is 11.6 Å². The quantitative estimate of drug-likeness (QED) is 0.216. The Morgan fingerprint density at radius 1 is 1.04 bits per heavy atom. The Hall–Kier alpha value is -4.21. The number of carboxylic acid groups (broad SMARTS) is 1. The third-order valence-corrected chi connectivity index (χ3v) is 8.46. The van der Waals surface area contributed by atoms with E-state index in [0.29, 0.717) is 54.5 Å². The third-order valence-electron chi connectivity index (χ3n) is 7.16. The van der Waals surface area contributed by atoms with Crippen LogP contribution >= 0.6 is 24.0 Å². The summed E-state index contributed by atoms with van der Waals surface area (Å²) in [6, 6.07) is 17.1. The number of carboxylic acids is 1. The number of carbonyl (C=O) groups excluding carboxylic acids is 2. The Balaban J connectivity index is 1.34. The lowest BCUT2D eigenvalue weighted by Gasteiger charge is -2.26. The number of hydrogen-bond acceptors (Lipinski definition) is 9. The molecular formula is C32H30F2N4O6S2. The highest BCUT2D eigenvalue weighted by molar-refractivity contribution is 8.26. The molecule has 240 valence electrons. The number of rotatable bonds is 12. The number of anilines is 1. The van der Waals surface area contributed by atoms with Gasteiger partial charge in [0.1, 0.15) is 18.9 Å². The zero-order valence-electron chi connectivity index (χ0n) is 24.5. The van der Waals surface area contributed by atoms with E-state index in [2.05, 4.69) is 10.3 Å². The average Bonchev–Trinajstić information content (AvgIpc) is 3.32. The number of para-hydroxylation sites is 1. The molecule has 2 saturated heterocycles. The summed E-state index contributed by atoms with van der Waals surface area (Å²) in [7, 11) is 0. The fourth-order valence-electron chi connectivity index (χ4n) is 4.81. The molecule has 0 saturated carbocycles. The second-order valence-electron chi connectivity index (χ2n) is 10.2. The smallest absolute Gasteiger partial charge is 0.323 e. The minimum absolute atomic E-state index is 0.139. The van der Waals surface area contributed by atoms with Crippen LogP contribution in [0.4, 0.5) is 14.5 Å². The maximum absolute atomic E-state index is 14.0. The first-order chi connectivity index (χ1) is 22.2. The van der Waals surface area contributed by atoms with E-state index in [-0.39, 0.29) is 9.23 Å². The van der Waals surface area contributed by atoms with Crippen LogP contribution in [-0.2, 0) is 19.1 Å². The van der Waals surface area contributed by atoms with Crippen LogP contribution in [0.1, 0.15) is 5.56 Å². The summed E-state index contributed by atoms with van der Waals surface area (Å²) in [6.07, 6.45) is 1.59. The number of thioether (sulfide) groups is 1. The summed E-state index contributed by atoms with van der Waals surface area (Å²) in [5.74, 6) is -3.77. The number of morpholine rings is 1. The van der Waals surface area contributed by atoms with Gasteiger partial charge in [0.25, 0.3) is 5.91 Å². The minimum atomic E-state index is -1.20. The summed E-state index contributed by atoms with van der Waals surface area (Å²) in [5, 5.41) is 10.4. The van der Waals surface area contributed by atoms with Crippen molar-refractivity contribution in [3.63, 3.8) is 0 Å². The fourth-order valence-corrected chi connectivity index (χ4v) is 6.02. The number of hydrogen-bond donors (Lipinski definition) is 2. The van der Waals surface area contributed by atoms with Gasteiger partial charge in [0.05, 0.1) is 24.7 Å². The molecule has 0 atom stereocenters. The number of amides is 2. The molecule has 0 radical (unpaired) electrons. The summed E-state index contributed by atoms with van der Waals surface area (Å²) < 4.78 is 39.3. The SMILES string of the molecule is O=C(O)CN(C(=O)CNN1C(=O)/C(=C/c2cc(-c3ccc(F)c(F)c3)ccc2OCCN2CCOCC2)SC1=S)c1ccccc1. The Kier molecular flexibility index (Phi) is 11.1. The number of thiocarbonyl (C=S) groups is 1. The van der Waals surface area contributed by atoms with Gasteiger partial charge in [0.2, 0.25) is 5.91 Å². The Morgan fingerprint density at radius 2 is 1.76 bits per heavy atom. The molecule has 14 heteroatoms. The molecule has 2 heterocycles. The average molecular weight is 669 g/mol. The van der Waals surface area contributed by atoms with Crippen LogP contribution < -0.4 is 15.1 Å². The van der Waals surface area contributed by atoms with Crippen molar-refractivity contribution in [1.29, 1.82) is 0 Å². The van der Waals surface area contributed by atoms with E-state index in [4.69, 9.17) is 21.7 Å². The number of aliphatic carboxylic acids is 1. The molecule has 0 spiro atoms. The number of ether oxygens (including phenoxy) is 2. The molecule has 2 N–H and O–H groups in total. The number of halogens is 2. The van der Waals surface area contributed by atoms with Crippen LogP contribution in [0.5, 0.6) is 5.75 Å². The van der Waals surface area contributed by atoms with Gasteiger partial charge in [-0.25, -0.2) is 19.2 Å². The first kappa shape index (κ1) is 33.2. The number of nitrogens with one attached hydrogen (secondary N) is 1. The van der Waals surface area contributed by atoms with Gasteiger partial charge in [-0.05, 0) is 53.6 Å². The van der Waals surface area contributed by atoms with Gasteiger partial charge in [-0.3, -0.25) is 19.3 Å².